The van der Waals surface area contributed by atoms with Crippen molar-refractivity contribution >= 4 is 28.9 Å². The van der Waals surface area contributed by atoms with Crippen LogP contribution in [-0.2, 0) is 11.3 Å². The molecule has 7 nitrogen and oxygen atoms in total. The van der Waals surface area contributed by atoms with E-state index in [4.69, 9.17) is 21.1 Å². The minimum atomic E-state index is -0.280. The lowest BCUT2D eigenvalue weighted by molar-refractivity contribution is 0.102. The highest BCUT2D eigenvalue weighted by atomic mass is 35.5. The van der Waals surface area contributed by atoms with Crippen molar-refractivity contribution in [3.63, 3.8) is 0 Å². The summed E-state index contributed by atoms with van der Waals surface area (Å²) in [5, 5.41) is 7.78. The summed E-state index contributed by atoms with van der Waals surface area (Å²) in [4.78, 5) is 14.7. The van der Waals surface area contributed by atoms with Gasteiger partial charge in [-0.25, -0.2) is 4.68 Å². The molecular formula is C16H17ClN4O3. The van der Waals surface area contributed by atoms with Gasteiger partial charge >= 0.3 is 0 Å². The number of nitrogens with one attached hydrogen (secondary N) is 1. The number of carbonyl (C=O) groups excluding carboxylic acids is 1. The molecule has 2 aliphatic heterocycles. The number of anilines is 2. The minimum Gasteiger partial charge on any atom is -0.476 e. The maximum atomic E-state index is 12.5. The molecule has 2 aliphatic rings. The smallest absolute Gasteiger partial charge is 0.276 e. The van der Waals surface area contributed by atoms with Crippen LogP contribution in [0, 0.1) is 0 Å². The molecule has 0 radical (unpaired) electrons. The number of fused-ring (bicyclic) bond motifs is 1. The van der Waals surface area contributed by atoms with E-state index in [1.807, 2.05) is 18.2 Å². The van der Waals surface area contributed by atoms with E-state index in [9.17, 15) is 4.79 Å². The Balaban J connectivity index is 1.59. The third-order valence-electron chi connectivity index (χ3n) is 4.09. The number of nitrogens with zero attached hydrogens (tertiary/aromatic N) is 3. The van der Waals surface area contributed by atoms with Gasteiger partial charge in [-0.1, -0.05) is 17.7 Å². The number of aromatic nitrogens is 2. The Morgan fingerprint density at radius 2 is 2.04 bits per heavy atom. The van der Waals surface area contributed by atoms with Crippen molar-refractivity contribution < 1.29 is 14.3 Å². The number of amides is 1. The molecule has 3 heterocycles. The average Bonchev–Trinajstić information content (AvgIpc) is 3.17. The number of hydrogen-bond acceptors (Lipinski definition) is 5. The SMILES string of the molecule is O=C(Nc1cccc(Cl)c1N1CCOCC1)c1cc2n(n1)CCO2. The summed E-state index contributed by atoms with van der Waals surface area (Å²) >= 11 is 6.38. The monoisotopic (exact) mass is 348 g/mol. The van der Waals surface area contributed by atoms with E-state index in [0.29, 0.717) is 48.6 Å². The lowest BCUT2D eigenvalue weighted by Gasteiger charge is -2.31. The summed E-state index contributed by atoms with van der Waals surface area (Å²) < 4.78 is 12.5. The minimum absolute atomic E-state index is 0.280. The molecule has 24 heavy (non-hydrogen) atoms. The molecule has 1 aromatic carbocycles. The van der Waals surface area contributed by atoms with Gasteiger partial charge in [-0.3, -0.25) is 4.79 Å². The fourth-order valence-corrected chi connectivity index (χ4v) is 3.23. The van der Waals surface area contributed by atoms with E-state index in [2.05, 4.69) is 15.3 Å². The van der Waals surface area contributed by atoms with Gasteiger partial charge in [-0.05, 0) is 12.1 Å². The van der Waals surface area contributed by atoms with Crippen LogP contribution < -0.4 is 15.0 Å². The Morgan fingerprint density at radius 3 is 2.83 bits per heavy atom. The van der Waals surface area contributed by atoms with E-state index in [0.717, 1.165) is 18.8 Å². The number of halogens is 1. The second kappa shape index (κ2) is 6.33. The zero-order valence-electron chi connectivity index (χ0n) is 13.0. The van der Waals surface area contributed by atoms with E-state index in [1.165, 1.54) is 0 Å². The Hall–Kier alpha value is -2.25. The van der Waals surface area contributed by atoms with Crippen LogP contribution in [0.4, 0.5) is 11.4 Å². The maximum Gasteiger partial charge on any atom is 0.276 e. The van der Waals surface area contributed by atoms with E-state index >= 15 is 0 Å². The van der Waals surface area contributed by atoms with Crippen LogP contribution in [0.1, 0.15) is 10.5 Å². The summed E-state index contributed by atoms with van der Waals surface area (Å²) in [6, 6.07) is 7.13. The highest BCUT2D eigenvalue weighted by Gasteiger charge is 2.22. The standard InChI is InChI=1S/C16H17ClN4O3/c17-11-2-1-3-12(15(11)20-4-7-23-8-5-20)18-16(22)13-10-14-21(19-13)6-9-24-14/h1-3,10H,4-9H2,(H,18,22). The molecule has 0 spiro atoms. The van der Waals surface area contributed by atoms with Gasteiger partial charge in [0.1, 0.15) is 6.61 Å². The number of ether oxygens (including phenoxy) is 2. The Bertz CT molecular complexity index is 749. The topological polar surface area (TPSA) is 68.6 Å². The first-order chi connectivity index (χ1) is 11.7. The molecule has 0 aliphatic carbocycles. The van der Waals surface area contributed by atoms with Gasteiger partial charge in [0, 0.05) is 19.2 Å². The number of carbonyl (C=O) groups is 1. The van der Waals surface area contributed by atoms with Crippen LogP contribution in [0.5, 0.6) is 5.88 Å². The summed E-state index contributed by atoms with van der Waals surface area (Å²) in [7, 11) is 0. The highest BCUT2D eigenvalue weighted by molar-refractivity contribution is 6.34. The number of rotatable bonds is 3. The van der Waals surface area contributed by atoms with Crippen LogP contribution in [0.15, 0.2) is 24.3 Å². The maximum absolute atomic E-state index is 12.5. The lowest BCUT2D eigenvalue weighted by Crippen LogP contribution is -2.37. The number of para-hydroxylation sites is 1. The molecule has 0 saturated carbocycles. The fourth-order valence-electron chi connectivity index (χ4n) is 2.93. The van der Waals surface area contributed by atoms with Crippen LogP contribution in [0.2, 0.25) is 5.02 Å². The molecule has 1 amide bonds. The first-order valence-electron chi connectivity index (χ1n) is 7.85. The van der Waals surface area contributed by atoms with Gasteiger partial charge in [0.15, 0.2) is 5.69 Å². The molecule has 1 fully saturated rings. The summed E-state index contributed by atoms with van der Waals surface area (Å²) in [6.45, 7) is 4.02. The van der Waals surface area contributed by atoms with Crippen molar-refractivity contribution in [3.8, 4) is 5.88 Å². The summed E-state index contributed by atoms with van der Waals surface area (Å²) in [5.41, 5.74) is 1.82. The van der Waals surface area contributed by atoms with E-state index in [-0.39, 0.29) is 5.91 Å². The molecule has 1 aromatic heterocycles. The van der Waals surface area contributed by atoms with Gasteiger partial charge in [0.2, 0.25) is 5.88 Å². The predicted octanol–water partition coefficient (Wildman–Crippen LogP) is 2.02. The zero-order chi connectivity index (χ0) is 16.5. The fraction of sp³-hybridized carbons (Fsp3) is 0.375. The second-order valence-corrected chi connectivity index (χ2v) is 6.04. The van der Waals surface area contributed by atoms with Crippen LogP contribution in [-0.4, -0.2) is 48.6 Å². The molecule has 126 valence electrons. The van der Waals surface area contributed by atoms with Gasteiger partial charge in [0.25, 0.3) is 5.91 Å². The molecule has 0 bridgehead atoms. The van der Waals surface area contributed by atoms with Gasteiger partial charge in [-0.2, -0.15) is 5.10 Å². The van der Waals surface area contributed by atoms with Crippen molar-refractivity contribution in [2.24, 2.45) is 0 Å². The van der Waals surface area contributed by atoms with Crippen molar-refractivity contribution in [2.75, 3.05) is 43.1 Å². The molecule has 1 saturated heterocycles. The summed E-state index contributed by atoms with van der Waals surface area (Å²) in [6.07, 6.45) is 0. The van der Waals surface area contributed by atoms with Gasteiger partial charge in [-0.15, -0.1) is 0 Å². The first-order valence-corrected chi connectivity index (χ1v) is 8.23. The largest absolute Gasteiger partial charge is 0.476 e. The predicted molar refractivity (Wildman–Crippen MR) is 90.2 cm³/mol. The normalized spacial score (nSPS) is 16.6. The zero-order valence-corrected chi connectivity index (χ0v) is 13.8. The average molecular weight is 349 g/mol. The van der Waals surface area contributed by atoms with Gasteiger partial charge in [0.05, 0.1) is 36.2 Å². The van der Waals surface area contributed by atoms with Crippen LogP contribution >= 0.6 is 11.6 Å². The molecule has 4 rings (SSSR count). The molecule has 0 unspecified atom stereocenters. The molecule has 8 heteroatoms. The third kappa shape index (κ3) is 2.81. The number of hydrogen-bond donors (Lipinski definition) is 1. The molecule has 1 N–H and O–H groups in total. The number of morpholine rings is 1. The second-order valence-electron chi connectivity index (χ2n) is 5.63. The van der Waals surface area contributed by atoms with Crippen molar-refractivity contribution in [2.45, 2.75) is 6.54 Å². The Kier molecular flexibility index (Phi) is 4.03. The van der Waals surface area contributed by atoms with Crippen molar-refractivity contribution in [1.29, 1.82) is 0 Å². The molecular weight excluding hydrogens is 332 g/mol. The summed E-state index contributed by atoms with van der Waals surface area (Å²) in [5.74, 6) is 0.344. The molecule has 0 atom stereocenters. The number of benzene rings is 1. The van der Waals surface area contributed by atoms with Crippen LogP contribution in [0.25, 0.3) is 0 Å². The molecule has 2 aromatic rings. The van der Waals surface area contributed by atoms with Gasteiger partial charge < -0.3 is 19.7 Å². The third-order valence-corrected chi connectivity index (χ3v) is 4.40. The first kappa shape index (κ1) is 15.3. The highest BCUT2D eigenvalue weighted by Crippen LogP contribution is 2.34. The lowest BCUT2D eigenvalue weighted by atomic mass is 10.2. The van der Waals surface area contributed by atoms with Crippen molar-refractivity contribution in [3.05, 3.63) is 35.0 Å². The quantitative estimate of drug-likeness (QED) is 0.919. The van der Waals surface area contributed by atoms with Crippen molar-refractivity contribution in [1.82, 2.24) is 9.78 Å². The van der Waals surface area contributed by atoms with Crippen LogP contribution in [0.3, 0.4) is 0 Å². The van der Waals surface area contributed by atoms with E-state index in [1.54, 1.807) is 10.7 Å². The Labute approximate surface area is 144 Å². The van der Waals surface area contributed by atoms with E-state index < -0.39 is 0 Å². The Morgan fingerprint density at radius 1 is 1.21 bits per heavy atom.